The number of benzene rings is 2. The molecule has 0 amide bonds. The van der Waals surface area contributed by atoms with E-state index in [-0.39, 0.29) is 28.6 Å². The van der Waals surface area contributed by atoms with Crippen molar-refractivity contribution < 1.29 is 28.7 Å². The van der Waals surface area contributed by atoms with Crippen molar-refractivity contribution in [3.63, 3.8) is 0 Å². The monoisotopic (exact) mass is 384 g/mol. The van der Waals surface area contributed by atoms with E-state index in [4.69, 9.17) is 18.9 Å². The van der Waals surface area contributed by atoms with Gasteiger partial charge in [-0.05, 0) is 35.9 Å². The first kappa shape index (κ1) is 18.9. The molecule has 2 aromatic rings. The molecule has 0 saturated heterocycles. The maximum Gasteiger partial charge on any atom is 0.363 e. The lowest BCUT2D eigenvalue weighted by Gasteiger charge is -2.07. The first-order chi connectivity index (χ1) is 13.5. The van der Waals surface area contributed by atoms with Gasteiger partial charge in [0.1, 0.15) is 0 Å². The summed E-state index contributed by atoms with van der Waals surface area (Å²) in [5, 5.41) is 11.2. The van der Waals surface area contributed by atoms with Crippen LogP contribution in [0, 0.1) is 10.1 Å². The summed E-state index contributed by atoms with van der Waals surface area (Å²) in [6, 6.07) is 9.29. The van der Waals surface area contributed by atoms with Crippen molar-refractivity contribution in [2.24, 2.45) is 4.99 Å². The van der Waals surface area contributed by atoms with Crippen molar-refractivity contribution >= 4 is 23.6 Å². The van der Waals surface area contributed by atoms with Crippen LogP contribution in [0.1, 0.15) is 11.1 Å². The lowest BCUT2D eigenvalue weighted by Crippen LogP contribution is -2.06. The number of methoxy groups -OCH3 is 3. The Labute approximate surface area is 160 Å². The first-order valence-corrected chi connectivity index (χ1v) is 8.04. The Morgan fingerprint density at radius 3 is 2.32 bits per heavy atom. The number of carbonyl (C=O) groups excluding carboxylic acids is 1. The molecule has 0 spiro atoms. The van der Waals surface area contributed by atoms with Gasteiger partial charge in [-0.2, -0.15) is 0 Å². The number of rotatable bonds is 6. The number of hydrogen-bond acceptors (Lipinski definition) is 8. The van der Waals surface area contributed by atoms with Crippen molar-refractivity contribution in [3.05, 3.63) is 63.3 Å². The summed E-state index contributed by atoms with van der Waals surface area (Å²) < 4.78 is 20.5. The number of carbonyl (C=O) groups is 1. The van der Waals surface area contributed by atoms with Crippen LogP contribution < -0.4 is 14.2 Å². The van der Waals surface area contributed by atoms with Crippen LogP contribution in [0.5, 0.6) is 17.2 Å². The summed E-state index contributed by atoms with van der Waals surface area (Å²) in [7, 11) is 4.36. The highest BCUT2D eigenvalue weighted by Gasteiger charge is 2.26. The fourth-order valence-corrected chi connectivity index (χ4v) is 2.60. The molecule has 3 rings (SSSR count). The van der Waals surface area contributed by atoms with E-state index >= 15 is 0 Å². The van der Waals surface area contributed by atoms with Crippen LogP contribution in [0.2, 0.25) is 0 Å². The Kier molecular flexibility index (Phi) is 5.25. The predicted octanol–water partition coefficient (Wildman–Crippen LogP) is 2.97. The van der Waals surface area contributed by atoms with Gasteiger partial charge in [0.2, 0.25) is 5.90 Å². The Morgan fingerprint density at radius 2 is 1.68 bits per heavy atom. The number of nitro benzene ring substituents is 1. The summed E-state index contributed by atoms with van der Waals surface area (Å²) in [4.78, 5) is 26.9. The van der Waals surface area contributed by atoms with Crippen LogP contribution in [0.4, 0.5) is 5.69 Å². The molecule has 0 aliphatic carbocycles. The zero-order valence-electron chi connectivity index (χ0n) is 15.3. The molecular formula is C19H16N2O7. The quantitative estimate of drug-likeness (QED) is 0.326. The van der Waals surface area contributed by atoms with Crippen molar-refractivity contribution in [3.8, 4) is 17.2 Å². The van der Waals surface area contributed by atoms with Gasteiger partial charge in [0.25, 0.3) is 0 Å². The smallest absolute Gasteiger partial charge is 0.363 e. The number of hydrogen-bond donors (Lipinski definition) is 0. The molecule has 0 N–H and O–H groups in total. The van der Waals surface area contributed by atoms with Crippen LogP contribution in [-0.2, 0) is 9.53 Å². The molecule has 9 nitrogen and oxygen atoms in total. The average Bonchev–Trinajstić information content (AvgIpc) is 3.07. The van der Waals surface area contributed by atoms with Gasteiger partial charge in [-0.25, -0.2) is 9.79 Å². The number of nitro groups is 1. The second kappa shape index (κ2) is 7.78. The molecule has 0 atom stereocenters. The van der Waals surface area contributed by atoms with Crippen LogP contribution in [0.3, 0.4) is 0 Å². The summed E-state index contributed by atoms with van der Waals surface area (Å²) in [6.45, 7) is 0. The summed E-state index contributed by atoms with van der Waals surface area (Å²) in [6.07, 6.45) is 1.52. The molecule has 28 heavy (non-hydrogen) atoms. The van der Waals surface area contributed by atoms with Gasteiger partial charge in [-0.1, -0.05) is 6.07 Å². The topological polar surface area (TPSA) is 109 Å². The first-order valence-electron chi connectivity index (χ1n) is 8.04. The molecule has 0 bridgehead atoms. The Bertz CT molecular complexity index is 1010. The summed E-state index contributed by atoms with van der Waals surface area (Å²) in [5.41, 5.74) is 0.739. The van der Waals surface area contributed by atoms with Crippen molar-refractivity contribution in [2.45, 2.75) is 0 Å². The van der Waals surface area contributed by atoms with E-state index in [9.17, 15) is 14.9 Å². The number of cyclic esters (lactones) is 1. The Hall–Kier alpha value is -3.88. The molecule has 9 heteroatoms. The van der Waals surface area contributed by atoms with E-state index < -0.39 is 10.9 Å². The van der Waals surface area contributed by atoms with Crippen LogP contribution in [0.25, 0.3) is 6.08 Å². The predicted molar refractivity (Wildman–Crippen MR) is 99.8 cm³/mol. The highest BCUT2D eigenvalue weighted by molar-refractivity contribution is 6.13. The molecule has 0 aromatic heterocycles. The van der Waals surface area contributed by atoms with Gasteiger partial charge in [-0.3, -0.25) is 10.1 Å². The standard InChI is InChI=1S/C19H16N2O7/c1-25-15-7-5-12(10-14(15)21(23)24)18-20-13(19(22)28-18)8-11-4-6-16(26-2)17(9-11)27-3/h4-10H,1-3H3/b13-8+. The molecule has 1 aliphatic heterocycles. The fraction of sp³-hybridized carbons (Fsp3) is 0.158. The molecule has 1 heterocycles. The normalized spacial score (nSPS) is 14.5. The van der Waals surface area contributed by atoms with Crippen molar-refractivity contribution in [1.82, 2.24) is 0 Å². The minimum absolute atomic E-state index is 0.0255. The molecular weight excluding hydrogens is 368 g/mol. The third-order valence-electron chi connectivity index (χ3n) is 3.95. The third kappa shape index (κ3) is 3.63. The van der Waals surface area contributed by atoms with Crippen LogP contribution in [-0.4, -0.2) is 38.1 Å². The fourth-order valence-electron chi connectivity index (χ4n) is 2.60. The minimum atomic E-state index is -0.664. The van der Waals surface area contributed by atoms with Gasteiger partial charge in [-0.15, -0.1) is 0 Å². The largest absolute Gasteiger partial charge is 0.493 e. The second-order valence-electron chi connectivity index (χ2n) is 5.59. The summed E-state index contributed by atoms with van der Waals surface area (Å²) in [5.74, 6) is 0.456. The molecule has 0 radical (unpaired) electrons. The zero-order chi connectivity index (χ0) is 20.3. The Balaban J connectivity index is 1.96. The van der Waals surface area contributed by atoms with Crippen LogP contribution >= 0.6 is 0 Å². The van der Waals surface area contributed by atoms with E-state index in [2.05, 4.69) is 4.99 Å². The number of nitrogens with zero attached hydrogens (tertiary/aromatic N) is 2. The van der Waals surface area contributed by atoms with E-state index in [1.807, 2.05) is 0 Å². The van der Waals surface area contributed by atoms with E-state index in [1.165, 1.54) is 45.6 Å². The molecule has 0 saturated carbocycles. The van der Waals surface area contributed by atoms with Gasteiger partial charge < -0.3 is 18.9 Å². The Morgan fingerprint density at radius 1 is 1.00 bits per heavy atom. The highest BCUT2D eigenvalue weighted by atomic mass is 16.6. The van der Waals surface area contributed by atoms with E-state index in [0.717, 1.165) is 0 Å². The van der Waals surface area contributed by atoms with Gasteiger partial charge in [0, 0.05) is 11.6 Å². The molecule has 2 aromatic carbocycles. The lowest BCUT2D eigenvalue weighted by molar-refractivity contribution is -0.385. The molecule has 0 unspecified atom stereocenters. The lowest BCUT2D eigenvalue weighted by atomic mass is 10.1. The minimum Gasteiger partial charge on any atom is -0.493 e. The molecule has 144 valence electrons. The molecule has 1 aliphatic rings. The number of esters is 1. The summed E-state index contributed by atoms with van der Waals surface area (Å²) >= 11 is 0. The van der Waals surface area contributed by atoms with Gasteiger partial charge >= 0.3 is 11.7 Å². The third-order valence-corrected chi connectivity index (χ3v) is 3.95. The van der Waals surface area contributed by atoms with Crippen LogP contribution in [0.15, 0.2) is 47.1 Å². The highest BCUT2D eigenvalue weighted by Crippen LogP contribution is 2.31. The van der Waals surface area contributed by atoms with Gasteiger partial charge in [0.15, 0.2) is 22.9 Å². The maximum absolute atomic E-state index is 12.2. The zero-order valence-corrected chi connectivity index (χ0v) is 15.3. The number of ether oxygens (including phenoxy) is 4. The van der Waals surface area contributed by atoms with E-state index in [1.54, 1.807) is 18.2 Å². The average molecular weight is 384 g/mol. The van der Waals surface area contributed by atoms with Crippen molar-refractivity contribution in [1.29, 1.82) is 0 Å². The second-order valence-corrected chi connectivity index (χ2v) is 5.59. The van der Waals surface area contributed by atoms with Crippen molar-refractivity contribution in [2.75, 3.05) is 21.3 Å². The SMILES string of the molecule is COc1ccc(/C=C2/N=C(c3ccc(OC)c([N+](=O)[O-])c3)OC2=O)cc1OC. The van der Waals surface area contributed by atoms with E-state index in [0.29, 0.717) is 17.1 Å². The maximum atomic E-state index is 12.2. The number of aliphatic imine (C=N–C) groups is 1. The van der Waals surface area contributed by atoms with Gasteiger partial charge in [0.05, 0.1) is 26.3 Å². The molecule has 0 fully saturated rings.